The molecule has 1 fully saturated rings. The predicted octanol–water partition coefficient (Wildman–Crippen LogP) is 1.95. The minimum atomic E-state index is 0.369. The molecule has 1 atom stereocenters. The van der Waals surface area contributed by atoms with Gasteiger partial charge in [-0.25, -0.2) is 0 Å². The molecule has 1 heterocycles. The van der Waals surface area contributed by atoms with Crippen molar-refractivity contribution >= 4 is 15.9 Å². The Balaban J connectivity index is 2.05. The van der Waals surface area contributed by atoms with Crippen LogP contribution in [-0.4, -0.2) is 35.7 Å². The van der Waals surface area contributed by atoms with E-state index in [1.165, 1.54) is 0 Å². The highest BCUT2D eigenvalue weighted by atomic mass is 79.9. The van der Waals surface area contributed by atoms with E-state index in [1.807, 2.05) is 18.2 Å². The number of phenolic OH excluding ortho intramolecular Hbond substituents is 1. The van der Waals surface area contributed by atoms with E-state index in [0.717, 1.165) is 36.2 Å². The third-order valence-corrected chi connectivity index (χ3v) is 3.56. The minimum Gasteiger partial charge on any atom is -0.506 e. The molecule has 0 spiro atoms. The van der Waals surface area contributed by atoms with Crippen LogP contribution in [0.15, 0.2) is 22.7 Å². The maximum absolute atomic E-state index is 9.90. The highest BCUT2D eigenvalue weighted by Gasteiger charge is 2.17. The number of halogens is 1. The number of phenols is 1. The number of benzene rings is 1. The molecule has 2 rings (SSSR count). The van der Waals surface area contributed by atoms with Crippen molar-refractivity contribution in [3.63, 3.8) is 0 Å². The van der Waals surface area contributed by atoms with Gasteiger partial charge in [0.1, 0.15) is 5.75 Å². The Labute approximate surface area is 105 Å². The van der Waals surface area contributed by atoms with Gasteiger partial charge in [-0.3, -0.25) is 4.90 Å². The van der Waals surface area contributed by atoms with Crippen LogP contribution in [0.3, 0.4) is 0 Å². The Morgan fingerprint density at radius 3 is 3.12 bits per heavy atom. The topological polar surface area (TPSA) is 35.5 Å². The smallest absolute Gasteiger partial charge is 0.134 e. The van der Waals surface area contributed by atoms with Gasteiger partial charge in [-0.2, -0.15) is 0 Å². The summed E-state index contributed by atoms with van der Waals surface area (Å²) in [7, 11) is 0. The van der Waals surface area contributed by atoms with Crippen LogP contribution in [0.25, 0.3) is 0 Å². The van der Waals surface area contributed by atoms with E-state index < -0.39 is 0 Å². The molecule has 0 aromatic heterocycles. The first-order chi connectivity index (χ1) is 7.66. The molecule has 1 aromatic rings. The van der Waals surface area contributed by atoms with E-state index in [9.17, 15) is 5.11 Å². The molecule has 0 amide bonds. The number of hydrogen-bond donors (Lipinski definition) is 2. The van der Waals surface area contributed by atoms with Crippen molar-refractivity contribution < 1.29 is 5.11 Å². The second kappa shape index (κ2) is 5.17. The van der Waals surface area contributed by atoms with Crippen LogP contribution in [0.1, 0.15) is 12.5 Å². The molecule has 0 saturated carbocycles. The van der Waals surface area contributed by atoms with Crippen molar-refractivity contribution in [1.29, 1.82) is 0 Å². The van der Waals surface area contributed by atoms with Gasteiger partial charge in [0.15, 0.2) is 0 Å². The number of piperazine rings is 1. The summed E-state index contributed by atoms with van der Waals surface area (Å²) in [5.41, 5.74) is 0.989. The Hall–Kier alpha value is -0.580. The molecule has 0 bridgehead atoms. The summed E-state index contributed by atoms with van der Waals surface area (Å²) in [6.45, 7) is 6.10. The quantitative estimate of drug-likeness (QED) is 0.872. The van der Waals surface area contributed by atoms with Gasteiger partial charge in [0, 0.05) is 37.8 Å². The summed E-state index contributed by atoms with van der Waals surface area (Å²) >= 11 is 3.34. The molecule has 1 aromatic carbocycles. The first kappa shape index (κ1) is 11.9. The number of rotatable bonds is 2. The van der Waals surface area contributed by atoms with Crippen LogP contribution >= 0.6 is 15.9 Å². The summed E-state index contributed by atoms with van der Waals surface area (Å²) in [4.78, 5) is 2.36. The lowest BCUT2D eigenvalue weighted by molar-refractivity contribution is 0.198. The van der Waals surface area contributed by atoms with E-state index in [2.05, 4.69) is 33.1 Å². The third-order valence-electron chi connectivity index (χ3n) is 2.92. The zero-order valence-electron chi connectivity index (χ0n) is 9.41. The zero-order chi connectivity index (χ0) is 11.5. The summed E-state index contributed by atoms with van der Waals surface area (Å²) in [6.07, 6.45) is 0. The van der Waals surface area contributed by atoms with Crippen LogP contribution in [-0.2, 0) is 6.54 Å². The van der Waals surface area contributed by atoms with Gasteiger partial charge in [-0.05, 0) is 28.9 Å². The van der Waals surface area contributed by atoms with E-state index in [1.54, 1.807) is 0 Å². The van der Waals surface area contributed by atoms with Gasteiger partial charge in [0.05, 0.1) is 4.47 Å². The van der Waals surface area contributed by atoms with E-state index >= 15 is 0 Å². The lowest BCUT2D eigenvalue weighted by Gasteiger charge is -2.32. The molecule has 1 aliphatic heterocycles. The molecule has 1 saturated heterocycles. The fourth-order valence-corrected chi connectivity index (χ4v) is 2.49. The lowest BCUT2D eigenvalue weighted by atomic mass is 10.1. The molecular weight excluding hydrogens is 268 g/mol. The second-order valence-corrected chi connectivity index (χ2v) is 5.19. The molecule has 0 radical (unpaired) electrons. The maximum Gasteiger partial charge on any atom is 0.134 e. The molecule has 2 N–H and O–H groups in total. The van der Waals surface area contributed by atoms with E-state index in [0.29, 0.717) is 11.8 Å². The zero-order valence-corrected chi connectivity index (χ0v) is 11.0. The standard InChI is InChI=1S/C12H17BrN2O/c1-9-7-15(6-5-14-9)8-10-3-2-4-11(13)12(10)16/h2-4,9,14,16H,5-8H2,1H3. The third kappa shape index (κ3) is 2.75. The Kier molecular flexibility index (Phi) is 3.84. The summed E-state index contributed by atoms with van der Waals surface area (Å²) in [5.74, 6) is 0.369. The normalized spacial score (nSPS) is 22.2. The molecule has 0 aliphatic carbocycles. The van der Waals surface area contributed by atoms with Crippen molar-refractivity contribution in [3.8, 4) is 5.75 Å². The average molecular weight is 285 g/mol. The summed E-state index contributed by atoms with van der Waals surface area (Å²) < 4.78 is 0.771. The predicted molar refractivity (Wildman–Crippen MR) is 68.5 cm³/mol. The maximum atomic E-state index is 9.90. The highest BCUT2D eigenvalue weighted by Crippen LogP contribution is 2.28. The van der Waals surface area contributed by atoms with Gasteiger partial charge < -0.3 is 10.4 Å². The fourth-order valence-electron chi connectivity index (χ4n) is 2.08. The van der Waals surface area contributed by atoms with Gasteiger partial charge >= 0.3 is 0 Å². The Morgan fingerprint density at radius 2 is 2.38 bits per heavy atom. The number of aromatic hydroxyl groups is 1. The molecule has 1 aliphatic rings. The molecule has 16 heavy (non-hydrogen) atoms. The Bertz CT molecular complexity index is 370. The van der Waals surface area contributed by atoms with Crippen LogP contribution in [0.4, 0.5) is 0 Å². The highest BCUT2D eigenvalue weighted by molar-refractivity contribution is 9.10. The SMILES string of the molecule is CC1CN(Cc2cccc(Br)c2O)CCN1. The first-order valence-electron chi connectivity index (χ1n) is 5.59. The largest absolute Gasteiger partial charge is 0.506 e. The van der Waals surface area contributed by atoms with Crippen LogP contribution < -0.4 is 5.32 Å². The second-order valence-electron chi connectivity index (χ2n) is 4.34. The van der Waals surface area contributed by atoms with Crippen molar-refractivity contribution in [2.24, 2.45) is 0 Å². The van der Waals surface area contributed by atoms with Crippen LogP contribution in [0.5, 0.6) is 5.75 Å². The van der Waals surface area contributed by atoms with Crippen molar-refractivity contribution in [2.75, 3.05) is 19.6 Å². The van der Waals surface area contributed by atoms with Crippen molar-refractivity contribution in [3.05, 3.63) is 28.2 Å². The summed E-state index contributed by atoms with van der Waals surface area (Å²) in [5, 5.41) is 13.3. The van der Waals surface area contributed by atoms with E-state index in [-0.39, 0.29) is 0 Å². The van der Waals surface area contributed by atoms with Gasteiger partial charge in [0.25, 0.3) is 0 Å². The summed E-state index contributed by atoms with van der Waals surface area (Å²) in [6, 6.07) is 6.33. The molecule has 3 nitrogen and oxygen atoms in total. The first-order valence-corrected chi connectivity index (χ1v) is 6.38. The number of hydrogen-bond acceptors (Lipinski definition) is 3. The van der Waals surface area contributed by atoms with Gasteiger partial charge in [0.2, 0.25) is 0 Å². The fraction of sp³-hybridized carbons (Fsp3) is 0.500. The van der Waals surface area contributed by atoms with Gasteiger partial charge in [-0.1, -0.05) is 12.1 Å². The monoisotopic (exact) mass is 284 g/mol. The number of nitrogens with one attached hydrogen (secondary N) is 1. The number of nitrogens with zero attached hydrogens (tertiary/aromatic N) is 1. The van der Waals surface area contributed by atoms with Crippen molar-refractivity contribution in [1.82, 2.24) is 10.2 Å². The van der Waals surface area contributed by atoms with Crippen molar-refractivity contribution in [2.45, 2.75) is 19.5 Å². The average Bonchev–Trinajstić information content (AvgIpc) is 2.25. The van der Waals surface area contributed by atoms with E-state index in [4.69, 9.17) is 0 Å². The van der Waals surface area contributed by atoms with Gasteiger partial charge in [-0.15, -0.1) is 0 Å². The molecule has 4 heteroatoms. The molecular formula is C12H17BrN2O. The van der Waals surface area contributed by atoms with Crippen LogP contribution in [0.2, 0.25) is 0 Å². The lowest BCUT2D eigenvalue weighted by Crippen LogP contribution is -2.48. The number of para-hydroxylation sites is 1. The Morgan fingerprint density at radius 1 is 1.56 bits per heavy atom. The molecule has 88 valence electrons. The minimum absolute atomic E-state index is 0.369. The molecule has 1 unspecified atom stereocenters. The van der Waals surface area contributed by atoms with Crippen LogP contribution in [0, 0.1) is 0 Å².